The van der Waals surface area contributed by atoms with Crippen LogP contribution in [0.5, 0.6) is 0 Å². The molecule has 2 rings (SSSR count). The highest BCUT2D eigenvalue weighted by Gasteiger charge is 2.25. The van der Waals surface area contributed by atoms with Gasteiger partial charge in [0.2, 0.25) is 0 Å². The molecule has 16 heavy (non-hydrogen) atoms. The Bertz CT molecular complexity index is 344. The van der Waals surface area contributed by atoms with Crippen molar-refractivity contribution < 1.29 is 0 Å². The van der Waals surface area contributed by atoms with Gasteiger partial charge in [-0.15, -0.1) is 0 Å². The minimum atomic E-state index is 0.538. The molecular formula is C14H20ClN. The second-order valence-electron chi connectivity index (χ2n) is 5.18. The normalized spacial score (nSPS) is 26.2. The summed E-state index contributed by atoms with van der Waals surface area (Å²) in [6, 6.07) is 9.43. The first-order valence-corrected chi connectivity index (χ1v) is 6.52. The second kappa shape index (κ2) is 5.20. The average Bonchev–Trinajstić information content (AvgIpc) is 2.15. The first-order chi connectivity index (χ1) is 7.63. The van der Waals surface area contributed by atoms with E-state index in [1.165, 1.54) is 18.4 Å². The highest BCUT2D eigenvalue weighted by Crippen LogP contribution is 2.26. The van der Waals surface area contributed by atoms with Gasteiger partial charge in [0.15, 0.2) is 0 Å². The Morgan fingerprint density at radius 1 is 1.44 bits per heavy atom. The Labute approximate surface area is 103 Å². The molecule has 1 aromatic rings. The van der Waals surface area contributed by atoms with Crippen LogP contribution in [0.15, 0.2) is 24.3 Å². The number of halogens is 1. The minimum absolute atomic E-state index is 0.538. The Morgan fingerprint density at radius 2 is 2.19 bits per heavy atom. The summed E-state index contributed by atoms with van der Waals surface area (Å²) in [6.07, 6.45) is 3.73. The van der Waals surface area contributed by atoms with Crippen molar-refractivity contribution in [1.29, 1.82) is 0 Å². The fourth-order valence-corrected chi connectivity index (χ4v) is 2.73. The molecule has 1 aliphatic rings. The number of hydrogen-bond acceptors (Lipinski definition) is 1. The molecule has 1 saturated carbocycles. The molecule has 88 valence electrons. The molecule has 1 aromatic carbocycles. The molecule has 0 amide bonds. The predicted octanol–water partition coefficient (Wildman–Crippen LogP) is 3.66. The molecule has 1 atom stereocenters. The van der Waals surface area contributed by atoms with E-state index in [4.69, 9.17) is 11.6 Å². The molecule has 0 aliphatic heterocycles. The van der Waals surface area contributed by atoms with E-state index in [2.05, 4.69) is 31.3 Å². The zero-order chi connectivity index (χ0) is 11.5. The van der Waals surface area contributed by atoms with Gasteiger partial charge in [-0.05, 0) is 49.8 Å². The Hall–Kier alpha value is -0.530. The molecule has 0 radical (unpaired) electrons. The van der Waals surface area contributed by atoms with E-state index in [9.17, 15) is 0 Å². The summed E-state index contributed by atoms with van der Waals surface area (Å²) in [6.45, 7) is 4.57. The summed E-state index contributed by atoms with van der Waals surface area (Å²) in [7, 11) is 0. The van der Waals surface area contributed by atoms with Crippen LogP contribution in [-0.4, -0.2) is 12.1 Å². The number of rotatable bonds is 4. The Kier molecular flexibility index (Phi) is 3.88. The van der Waals surface area contributed by atoms with Crippen molar-refractivity contribution in [2.24, 2.45) is 5.92 Å². The van der Waals surface area contributed by atoms with E-state index in [-0.39, 0.29) is 0 Å². The smallest absolute Gasteiger partial charge is 0.0408 e. The SMILES string of the molecule is CC1CC(NC(C)Cc2cccc(Cl)c2)C1. The van der Waals surface area contributed by atoms with Crippen molar-refractivity contribution >= 4 is 11.6 Å². The summed E-state index contributed by atoms with van der Waals surface area (Å²) in [5.41, 5.74) is 1.32. The van der Waals surface area contributed by atoms with Crippen LogP contribution in [0, 0.1) is 5.92 Å². The van der Waals surface area contributed by atoms with E-state index in [0.717, 1.165) is 23.4 Å². The third-order valence-corrected chi connectivity index (χ3v) is 3.56. The summed E-state index contributed by atoms with van der Waals surface area (Å²) in [5.74, 6) is 0.913. The van der Waals surface area contributed by atoms with Gasteiger partial charge in [0.05, 0.1) is 0 Å². The largest absolute Gasteiger partial charge is 0.311 e. The maximum absolute atomic E-state index is 5.97. The Balaban J connectivity index is 1.80. The lowest BCUT2D eigenvalue weighted by molar-refractivity contribution is 0.225. The number of nitrogens with one attached hydrogen (secondary N) is 1. The van der Waals surface area contributed by atoms with Crippen LogP contribution < -0.4 is 5.32 Å². The average molecular weight is 238 g/mol. The number of benzene rings is 1. The van der Waals surface area contributed by atoms with E-state index < -0.39 is 0 Å². The van der Waals surface area contributed by atoms with Crippen molar-refractivity contribution in [2.45, 2.75) is 45.2 Å². The molecular weight excluding hydrogens is 218 g/mol. The van der Waals surface area contributed by atoms with Gasteiger partial charge in [-0.2, -0.15) is 0 Å². The third-order valence-electron chi connectivity index (χ3n) is 3.32. The molecule has 1 aliphatic carbocycles. The molecule has 0 heterocycles. The van der Waals surface area contributed by atoms with Gasteiger partial charge in [0.1, 0.15) is 0 Å². The quantitative estimate of drug-likeness (QED) is 0.843. The fraction of sp³-hybridized carbons (Fsp3) is 0.571. The maximum atomic E-state index is 5.97. The van der Waals surface area contributed by atoms with E-state index in [1.807, 2.05) is 12.1 Å². The molecule has 0 saturated heterocycles. The lowest BCUT2D eigenvalue weighted by Gasteiger charge is -2.35. The summed E-state index contributed by atoms with van der Waals surface area (Å²) < 4.78 is 0. The van der Waals surface area contributed by atoms with Crippen molar-refractivity contribution in [3.63, 3.8) is 0 Å². The van der Waals surface area contributed by atoms with Gasteiger partial charge >= 0.3 is 0 Å². The van der Waals surface area contributed by atoms with Gasteiger partial charge in [0.25, 0.3) is 0 Å². The van der Waals surface area contributed by atoms with Gasteiger partial charge in [-0.1, -0.05) is 30.7 Å². The van der Waals surface area contributed by atoms with Crippen LogP contribution in [0.1, 0.15) is 32.3 Å². The molecule has 1 nitrogen and oxygen atoms in total. The zero-order valence-electron chi connectivity index (χ0n) is 10.0. The molecule has 1 fully saturated rings. The van der Waals surface area contributed by atoms with Crippen LogP contribution in [-0.2, 0) is 6.42 Å². The molecule has 1 N–H and O–H groups in total. The second-order valence-corrected chi connectivity index (χ2v) is 5.61. The molecule has 0 bridgehead atoms. The Morgan fingerprint density at radius 3 is 2.81 bits per heavy atom. The van der Waals surface area contributed by atoms with E-state index >= 15 is 0 Å². The molecule has 0 spiro atoms. The lowest BCUT2D eigenvalue weighted by atomic mass is 9.81. The van der Waals surface area contributed by atoms with Crippen molar-refractivity contribution in [3.8, 4) is 0 Å². The molecule has 0 aromatic heterocycles. The predicted molar refractivity (Wildman–Crippen MR) is 69.9 cm³/mol. The van der Waals surface area contributed by atoms with Crippen molar-refractivity contribution in [1.82, 2.24) is 5.32 Å². The van der Waals surface area contributed by atoms with Crippen molar-refractivity contribution in [2.75, 3.05) is 0 Å². The highest BCUT2D eigenvalue weighted by molar-refractivity contribution is 6.30. The van der Waals surface area contributed by atoms with Crippen molar-refractivity contribution in [3.05, 3.63) is 34.9 Å². The molecule has 2 heteroatoms. The molecule has 1 unspecified atom stereocenters. The third kappa shape index (κ3) is 3.23. The van der Waals surface area contributed by atoms with Crippen LogP contribution in [0.4, 0.5) is 0 Å². The van der Waals surface area contributed by atoms with Crippen LogP contribution in [0.2, 0.25) is 5.02 Å². The van der Waals surface area contributed by atoms with E-state index in [1.54, 1.807) is 0 Å². The van der Waals surface area contributed by atoms with Gasteiger partial charge < -0.3 is 5.32 Å². The summed E-state index contributed by atoms with van der Waals surface area (Å²) >= 11 is 5.97. The lowest BCUT2D eigenvalue weighted by Crippen LogP contribution is -2.45. The highest BCUT2D eigenvalue weighted by atomic mass is 35.5. The summed E-state index contributed by atoms with van der Waals surface area (Å²) in [4.78, 5) is 0. The van der Waals surface area contributed by atoms with Crippen LogP contribution in [0.25, 0.3) is 0 Å². The number of hydrogen-bond donors (Lipinski definition) is 1. The van der Waals surface area contributed by atoms with Crippen LogP contribution in [0.3, 0.4) is 0 Å². The first-order valence-electron chi connectivity index (χ1n) is 6.14. The van der Waals surface area contributed by atoms with Gasteiger partial charge in [-0.3, -0.25) is 0 Å². The monoisotopic (exact) mass is 237 g/mol. The van der Waals surface area contributed by atoms with Gasteiger partial charge in [-0.25, -0.2) is 0 Å². The van der Waals surface area contributed by atoms with Gasteiger partial charge in [0, 0.05) is 17.1 Å². The standard InChI is InChI=1S/C14H20ClN/c1-10-6-14(7-10)16-11(2)8-12-4-3-5-13(15)9-12/h3-5,9-11,14,16H,6-8H2,1-2H3. The minimum Gasteiger partial charge on any atom is -0.311 e. The first kappa shape index (κ1) is 11.9. The topological polar surface area (TPSA) is 12.0 Å². The summed E-state index contributed by atoms with van der Waals surface area (Å²) in [5, 5.41) is 4.51. The van der Waals surface area contributed by atoms with E-state index in [0.29, 0.717) is 6.04 Å². The maximum Gasteiger partial charge on any atom is 0.0408 e. The zero-order valence-corrected chi connectivity index (χ0v) is 10.8. The van der Waals surface area contributed by atoms with Crippen LogP contribution >= 0.6 is 11.6 Å². The fourth-order valence-electron chi connectivity index (χ4n) is 2.52.